The number of aryl methyl sites for hydroxylation is 1. The Morgan fingerprint density at radius 2 is 1.12 bits per heavy atom. The van der Waals surface area contributed by atoms with Gasteiger partial charge < -0.3 is 38.6 Å². The molecule has 0 bridgehead atoms. The van der Waals surface area contributed by atoms with Crippen molar-refractivity contribution in [3.05, 3.63) is 109 Å². The summed E-state index contributed by atoms with van der Waals surface area (Å²) in [5.41, 5.74) is -0.0533. The predicted octanol–water partition coefficient (Wildman–Crippen LogP) is 10.0. The summed E-state index contributed by atoms with van der Waals surface area (Å²) < 4.78 is 31.3. The Balaban J connectivity index is 0.000000825. The van der Waals surface area contributed by atoms with Crippen molar-refractivity contribution in [3.63, 3.8) is 0 Å². The molecule has 58 heavy (non-hydrogen) atoms. The van der Waals surface area contributed by atoms with Gasteiger partial charge in [-0.05, 0) is 131 Å². The van der Waals surface area contributed by atoms with E-state index in [0.717, 1.165) is 12.5 Å². The van der Waals surface area contributed by atoms with E-state index in [1.165, 1.54) is 72.8 Å². The van der Waals surface area contributed by atoms with Crippen LogP contribution < -0.4 is 18.9 Å². The maximum absolute atomic E-state index is 12.7. The maximum atomic E-state index is 12.7. The molecule has 3 aromatic rings. The Morgan fingerprint density at radius 3 is 1.53 bits per heavy atom. The fourth-order valence-electron chi connectivity index (χ4n) is 5.32. The average molecular weight is 807 g/mol. The van der Waals surface area contributed by atoms with E-state index in [0.29, 0.717) is 30.2 Å². The summed E-state index contributed by atoms with van der Waals surface area (Å²) in [7, 11) is 0. The zero-order valence-corrected chi connectivity index (χ0v) is 34.5. The molecule has 0 aliphatic carbocycles. The van der Waals surface area contributed by atoms with Gasteiger partial charge in [0.15, 0.2) is 0 Å². The van der Waals surface area contributed by atoms with Gasteiger partial charge in [0.1, 0.15) is 34.2 Å². The van der Waals surface area contributed by atoms with Gasteiger partial charge in [0, 0.05) is 12.2 Å². The van der Waals surface area contributed by atoms with Crippen molar-refractivity contribution in [2.75, 3.05) is 0 Å². The number of ether oxygens (including phenoxy) is 6. The second-order valence-corrected chi connectivity index (χ2v) is 14.5. The normalized spacial score (nSPS) is 11.5. The Labute approximate surface area is 339 Å². The van der Waals surface area contributed by atoms with Crippen LogP contribution in [0.5, 0.6) is 23.0 Å². The molecule has 3 rings (SSSR count). The number of carbonyl (C=O) groups is 6. The first-order chi connectivity index (χ1) is 27.0. The highest BCUT2D eigenvalue weighted by atomic mass is 16.7. The summed E-state index contributed by atoms with van der Waals surface area (Å²) >= 11 is 0. The summed E-state index contributed by atoms with van der Waals surface area (Å²) in [5.74, 6) is -0.980. The van der Waals surface area contributed by atoms with E-state index in [4.69, 9.17) is 33.9 Å². The first kappa shape index (κ1) is 49.6. The average Bonchev–Trinajstić information content (AvgIpc) is 3.12. The third-order valence-corrected chi connectivity index (χ3v) is 7.68. The number of aliphatic carboxylic acids is 1. The zero-order chi connectivity index (χ0) is 44.2. The third-order valence-electron chi connectivity index (χ3n) is 7.68. The lowest BCUT2D eigenvalue weighted by Crippen LogP contribution is -2.33. The van der Waals surface area contributed by atoms with Gasteiger partial charge in [-0.3, -0.25) is 0 Å². The van der Waals surface area contributed by atoms with Gasteiger partial charge in [-0.25, -0.2) is 28.8 Å². The summed E-state index contributed by atoms with van der Waals surface area (Å²) in [6, 6.07) is 15.8. The van der Waals surface area contributed by atoms with Crippen LogP contribution in [0.2, 0.25) is 0 Å². The van der Waals surface area contributed by atoms with Gasteiger partial charge in [-0.15, -0.1) is 0 Å². The van der Waals surface area contributed by atoms with Crippen LogP contribution in [-0.2, 0) is 19.1 Å². The number of hydrogen-bond acceptors (Lipinski definition) is 12. The minimum absolute atomic E-state index is 0.0670. The molecule has 314 valence electrons. The van der Waals surface area contributed by atoms with Crippen LogP contribution in [0.4, 0.5) is 9.59 Å². The lowest BCUT2D eigenvalue weighted by atomic mass is 9.92. The van der Waals surface area contributed by atoms with Crippen LogP contribution in [0.25, 0.3) is 0 Å². The minimum atomic E-state index is -1.46. The highest BCUT2D eigenvalue weighted by Gasteiger charge is 2.29. The largest absolute Gasteiger partial charge is 0.514 e. The molecule has 0 radical (unpaired) electrons. The van der Waals surface area contributed by atoms with Crippen molar-refractivity contribution in [3.8, 4) is 23.0 Å². The number of hydrogen-bond donors (Lipinski definition) is 2. The van der Waals surface area contributed by atoms with Gasteiger partial charge in [-0.2, -0.15) is 0 Å². The van der Waals surface area contributed by atoms with Gasteiger partial charge >= 0.3 is 36.2 Å². The lowest BCUT2D eigenvalue weighted by molar-refractivity contribution is -0.151. The lowest BCUT2D eigenvalue weighted by Gasteiger charge is -2.29. The molecule has 0 amide bonds. The van der Waals surface area contributed by atoms with E-state index < -0.39 is 35.8 Å². The van der Waals surface area contributed by atoms with Crippen LogP contribution in [-0.4, -0.2) is 57.6 Å². The van der Waals surface area contributed by atoms with Crippen molar-refractivity contribution in [2.45, 2.75) is 92.8 Å². The van der Waals surface area contributed by atoms with Crippen molar-refractivity contribution < 1.29 is 67.4 Å². The number of carbonyl (C=O) groups excluding carboxylic acids is 4. The quantitative estimate of drug-likeness (QED) is 0.0636. The standard InChI is InChI=1S/C31H32O10.C10H18O2.C3H4O2/c1-6-31(5,18-19(2)3)41-30(36)39-24-13-9-22(10-14-24)28(33)40-26-16-15-25(17-20(26)4)37-27(32)21-7-11-23(12-8-21)38-29(34)35;1-6-9(11)12-10(4,5)7-8(2)3;1-2-3(4)5/h7-17,19H,6,18H2,1-5H3,(H,34,35);6,8H,1,7H2,2-5H3;2H,1H2,(H,4,5). The molecule has 0 heterocycles. The van der Waals surface area contributed by atoms with Gasteiger partial charge in [0.25, 0.3) is 0 Å². The highest BCUT2D eigenvalue weighted by molar-refractivity contribution is 5.92. The first-order valence-corrected chi connectivity index (χ1v) is 18.3. The van der Waals surface area contributed by atoms with Gasteiger partial charge in [0.05, 0.1) is 11.1 Å². The Bertz CT molecular complexity index is 1870. The van der Waals surface area contributed by atoms with Crippen LogP contribution >= 0.6 is 0 Å². The van der Waals surface area contributed by atoms with E-state index in [-0.39, 0.29) is 45.7 Å². The fourth-order valence-corrected chi connectivity index (χ4v) is 5.32. The molecule has 2 N–H and O–H groups in total. The molecule has 1 atom stereocenters. The van der Waals surface area contributed by atoms with Crippen molar-refractivity contribution in [2.24, 2.45) is 11.8 Å². The number of benzene rings is 3. The van der Waals surface area contributed by atoms with E-state index in [1.807, 2.05) is 27.7 Å². The zero-order valence-electron chi connectivity index (χ0n) is 34.5. The van der Waals surface area contributed by atoms with Crippen LogP contribution in [0, 0.1) is 18.8 Å². The summed E-state index contributed by atoms with van der Waals surface area (Å²) in [6.07, 6.45) is 1.97. The van der Waals surface area contributed by atoms with E-state index in [2.05, 4.69) is 45.6 Å². The van der Waals surface area contributed by atoms with Crippen LogP contribution in [0.15, 0.2) is 92.0 Å². The fraction of sp³-hybridized carbons (Fsp3) is 0.364. The Morgan fingerprint density at radius 1 is 0.655 bits per heavy atom. The molecule has 0 saturated heterocycles. The number of carboxylic acids is 1. The first-order valence-electron chi connectivity index (χ1n) is 18.3. The Hall–Kier alpha value is -6.44. The molecule has 0 spiro atoms. The number of rotatable bonds is 15. The smallest absolute Gasteiger partial charge is 0.478 e. The van der Waals surface area contributed by atoms with E-state index in [1.54, 1.807) is 6.92 Å². The van der Waals surface area contributed by atoms with Crippen molar-refractivity contribution in [1.82, 2.24) is 0 Å². The number of carboxylic acid groups (broad SMARTS) is 2. The van der Waals surface area contributed by atoms with Crippen LogP contribution in [0.3, 0.4) is 0 Å². The molecular formula is C44H54O14. The molecule has 0 fully saturated rings. The van der Waals surface area contributed by atoms with Gasteiger partial charge in [-0.1, -0.05) is 47.8 Å². The summed E-state index contributed by atoms with van der Waals surface area (Å²) in [6.45, 7) is 23.9. The molecule has 1 unspecified atom stereocenters. The second-order valence-electron chi connectivity index (χ2n) is 14.5. The molecule has 14 heteroatoms. The molecule has 0 aliphatic heterocycles. The van der Waals surface area contributed by atoms with Crippen molar-refractivity contribution in [1.29, 1.82) is 0 Å². The highest BCUT2D eigenvalue weighted by Crippen LogP contribution is 2.28. The van der Waals surface area contributed by atoms with Crippen LogP contribution in [0.1, 0.15) is 101 Å². The molecule has 3 aromatic carbocycles. The van der Waals surface area contributed by atoms with E-state index in [9.17, 15) is 28.8 Å². The SMILES string of the molecule is C=CC(=O)O.C=CC(=O)OC(C)(C)CC(C)C.CCC(C)(CC(C)C)OC(=O)Oc1ccc(C(=O)Oc2ccc(OC(=O)c3ccc(OC(=O)O)cc3)cc2C)cc1. The molecular weight excluding hydrogens is 752 g/mol. The van der Waals surface area contributed by atoms with Crippen molar-refractivity contribution >= 4 is 36.2 Å². The number of esters is 3. The minimum Gasteiger partial charge on any atom is -0.478 e. The molecule has 14 nitrogen and oxygen atoms in total. The maximum Gasteiger partial charge on any atom is 0.514 e. The molecule has 0 aliphatic rings. The monoisotopic (exact) mass is 806 g/mol. The topological polar surface area (TPSA) is 198 Å². The predicted molar refractivity (Wildman–Crippen MR) is 216 cm³/mol. The summed E-state index contributed by atoms with van der Waals surface area (Å²) in [5, 5.41) is 16.2. The van der Waals surface area contributed by atoms with Gasteiger partial charge in [0.2, 0.25) is 0 Å². The molecule has 0 saturated carbocycles. The van der Waals surface area contributed by atoms with E-state index >= 15 is 0 Å². The third kappa shape index (κ3) is 19.4. The second kappa shape index (κ2) is 23.6. The molecule has 0 aromatic heterocycles. The summed E-state index contributed by atoms with van der Waals surface area (Å²) in [4.78, 5) is 68.1. The Kier molecular flexibility index (Phi) is 20.2.